The zero-order valence-corrected chi connectivity index (χ0v) is 33.0. The molecular weight excluding hydrogens is 743 g/mol. The molecule has 0 fully saturated rings. The van der Waals surface area contributed by atoms with Crippen LogP contribution in [0.15, 0.2) is 221 Å². The Labute approximate surface area is 350 Å². The van der Waals surface area contributed by atoms with Crippen molar-refractivity contribution in [1.82, 2.24) is 0 Å². The fraction of sp³-hybridized carbons (Fsp3) is 0. The molecule has 3 heteroatoms. The molecule has 0 unspecified atom stereocenters. The van der Waals surface area contributed by atoms with E-state index < -0.39 is 0 Å². The summed E-state index contributed by atoms with van der Waals surface area (Å²) in [6, 6.07) is 76.4. The molecule has 0 aliphatic heterocycles. The van der Waals surface area contributed by atoms with Crippen LogP contribution >= 0.6 is 0 Å². The molecule has 0 bridgehead atoms. The van der Waals surface area contributed by atoms with Gasteiger partial charge in [-0.05, 0) is 115 Å². The summed E-state index contributed by atoms with van der Waals surface area (Å²) >= 11 is 0. The van der Waals surface area contributed by atoms with E-state index in [4.69, 9.17) is 8.83 Å². The summed E-state index contributed by atoms with van der Waals surface area (Å²) in [6.45, 7) is 0. The minimum atomic E-state index is 0.907. The van der Waals surface area contributed by atoms with Gasteiger partial charge < -0.3 is 13.7 Å². The predicted octanol–water partition coefficient (Wildman–Crippen LogP) is 16.9. The van der Waals surface area contributed by atoms with Gasteiger partial charge in [-0.25, -0.2) is 0 Å². The lowest BCUT2D eigenvalue weighted by atomic mass is 9.97. The van der Waals surface area contributed by atoms with Crippen molar-refractivity contribution in [3.63, 3.8) is 0 Å². The lowest BCUT2D eigenvalue weighted by Crippen LogP contribution is -2.10. The van der Waals surface area contributed by atoms with Gasteiger partial charge in [0.25, 0.3) is 0 Å². The molecule has 2 heterocycles. The Morgan fingerprint density at radius 3 is 1.26 bits per heavy atom. The van der Waals surface area contributed by atoms with Crippen LogP contribution in [0.3, 0.4) is 0 Å². The summed E-state index contributed by atoms with van der Waals surface area (Å²) in [5.74, 6) is 0. The average Bonchev–Trinajstić information content (AvgIpc) is 3.90. The van der Waals surface area contributed by atoms with Crippen LogP contribution in [0.4, 0.5) is 17.1 Å². The highest BCUT2D eigenvalue weighted by Crippen LogP contribution is 2.44. The number of hydrogen-bond acceptors (Lipinski definition) is 3. The van der Waals surface area contributed by atoms with E-state index in [0.717, 1.165) is 110 Å². The molecule has 0 N–H and O–H groups in total. The third kappa shape index (κ3) is 5.31. The normalized spacial score (nSPS) is 11.9. The largest absolute Gasteiger partial charge is 0.455 e. The second-order valence-corrected chi connectivity index (χ2v) is 16.0. The molecule has 11 aromatic carbocycles. The monoisotopic (exact) mass is 777 g/mol. The Bertz CT molecular complexity index is 3680. The van der Waals surface area contributed by atoms with Crippen LogP contribution in [0.5, 0.6) is 0 Å². The van der Waals surface area contributed by atoms with E-state index in [2.05, 4.69) is 205 Å². The minimum absolute atomic E-state index is 0.907. The van der Waals surface area contributed by atoms with Gasteiger partial charge >= 0.3 is 0 Å². The lowest BCUT2D eigenvalue weighted by molar-refractivity contribution is 0.672. The van der Waals surface area contributed by atoms with E-state index in [1.54, 1.807) is 0 Å². The third-order valence-corrected chi connectivity index (χ3v) is 12.6. The summed E-state index contributed by atoms with van der Waals surface area (Å²) in [4.78, 5) is 2.39. The molecular formula is C58H35NO2. The molecule has 0 spiro atoms. The third-order valence-electron chi connectivity index (χ3n) is 12.6. The first-order valence-corrected chi connectivity index (χ1v) is 20.8. The fourth-order valence-corrected chi connectivity index (χ4v) is 9.67. The topological polar surface area (TPSA) is 29.5 Å². The van der Waals surface area contributed by atoms with Crippen molar-refractivity contribution < 1.29 is 8.83 Å². The second-order valence-electron chi connectivity index (χ2n) is 16.0. The van der Waals surface area contributed by atoms with E-state index in [1.165, 1.54) is 16.7 Å². The number of fused-ring (bicyclic) bond motifs is 14. The Morgan fingerprint density at radius 1 is 0.262 bits per heavy atom. The highest BCUT2D eigenvalue weighted by atomic mass is 16.3. The smallest absolute Gasteiger partial charge is 0.143 e. The Balaban J connectivity index is 0.999. The second kappa shape index (κ2) is 13.2. The van der Waals surface area contributed by atoms with Gasteiger partial charge in [0, 0.05) is 49.4 Å². The van der Waals surface area contributed by atoms with Gasteiger partial charge in [-0.15, -0.1) is 0 Å². The molecule has 0 atom stereocenters. The zero-order chi connectivity index (χ0) is 40.0. The van der Waals surface area contributed by atoms with Gasteiger partial charge in [0.15, 0.2) is 0 Å². The summed E-state index contributed by atoms with van der Waals surface area (Å²) < 4.78 is 13.2. The van der Waals surface area contributed by atoms with Gasteiger partial charge in [-0.3, -0.25) is 0 Å². The molecule has 0 aliphatic carbocycles. The molecule has 0 saturated carbocycles. The predicted molar refractivity (Wildman–Crippen MR) is 257 cm³/mol. The fourth-order valence-electron chi connectivity index (χ4n) is 9.67. The maximum absolute atomic E-state index is 6.58. The van der Waals surface area contributed by atoms with Crippen molar-refractivity contribution in [3.8, 4) is 22.3 Å². The van der Waals surface area contributed by atoms with Crippen LogP contribution in [0.1, 0.15) is 0 Å². The maximum Gasteiger partial charge on any atom is 0.143 e. The summed E-state index contributed by atoms with van der Waals surface area (Å²) in [5.41, 5.74) is 11.6. The first-order chi connectivity index (χ1) is 30.2. The van der Waals surface area contributed by atoms with Gasteiger partial charge in [0.05, 0.1) is 0 Å². The van der Waals surface area contributed by atoms with Crippen molar-refractivity contribution >= 4 is 104 Å². The van der Waals surface area contributed by atoms with Gasteiger partial charge in [-0.1, -0.05) is 152 Å². The van der Waals surface area contributed by atoms with E-state index in [0.29, 0.717) is 0 Å². The van der Waals surface area contributed by atoms with Gasteiger partial charge in [-0.2, -0.15) is 0 Å². The van der Waals surface area contributed by atoms with Crippen molar-refractivity contribution in [1.29, 1.82) is 0 Å². The number of para-hydroxylation sites is 2. The SMILES string of the molecule is c1ccc(-c2ccc(-c3cccc(N(c4ccc5c(ccc6ccc7c8ccccc8oc7c65)c4)c4ccc5c(ccc6ccc7c8ccccc8oc7c65)c4)c3)cc2)cc1. The standard InChI is InChI=1S/C58H35NO2/c1-2-9-36(10-3-1)37-17-19-38(20-18-37)41-11-8-12-44(33-41)59(45-27-31-47-42(34-45)23-21-39-25-29-51-49-13-4-6-15-53(49)60-57(51)55(39)47)46-28-32-48-43(35-46)24-22-40-26-30-52-50-14-5-7-16-54(50)61-58(52)56(40)48/h1-35H. The summed E-state index contributed by atoms with van der Waals surface area (Å²) in [6.07, 6.45) is 0. The molecule has 0 radical (unpaired) electrons. The zero-order valence-electron chi connectivity index (χ0n) is 33.0. The molecule has 13 rings (SSSR count). The van der Waals surface area contributed by atoms with E-state index in [1.807, 2.05) is 12.1 Å². The van der Waals surface area contributed by atoms with E-state index in [9.17, 15) is 0 Å². The van der Waals surface area contributed by atoms with E-state index >= 15 is 0 Å². The maximum atomic E-state index is 6.58. The Hall–Kier alpha value is -8.14. The molecule has 13 aromatic rings. The first-order valence-electron chi connectivity index (χ1n) is 20.8. The van der Waals surface area contributed by atoms with Crippen LogP contribution in [-0.4, -0.2) is 0 Å². The number of rotatable bonds is 5. The van der Waals surface area contributed by atoms with Crippen LogP contribution in [0.2, 0.25) is 0 Å². The minimum Gasteiger partial charge on any atom is -0.455 e. The van der Waals surface area contributed by atoms with Crippen molar-refractivity contribution in [2.45, 2.75) is 0 Å². The number of hydrogen-bond donors (Lipinski definition) is 0. The summed E-state index contributed by atoms with van der Waals surface area (Å²) in [7, 11) is 0. The number of nitrogens with zero attached hydrogens (tertiary/aromatic N) is 1. The number of anilines is 3. The van der Waals surface area contributed by atoms with Crippen molar-refractivity contribution in [2.75, 3.05) is 4.90 Å². The quantitative estimate of drug-likeness (QED) is 0.163. The molecule has 61 heavy (non-hydrogen) atoms. The van der Waals surface area contributed by atoms with Gasteiger partial charge in [0.2, 0.25) is 0 Å². The van der Waals surface area contributed by atoms with Crippen molar-refractivity contribution in [2.24, 2.45) is 0 Å². The first kappa shape index (κ1) is 33.8. The van der Waals surface area contributed by atoms with Crippen LogP contribution in [0, 0.1) is 0 Å². The molecule has 0 aliphatic rings. The summed E-state index contributed by atoms with van der Waals surface area (Å²) in [5, 5.41) is 13.8. The average molecular weight is 778 g/mol. The lowest BCUT2D eigenvalue weighted by Gasteiger charge is -2.27. The number of furan rings is 2. The Morgan fingerprint density at radius 2 is 0.689 bits per heavy atom. The van der Waals surface area contributed by atoms with Crippen LogP contribution in [-0.2, 0) is 0 Å². The van der Waals surface area contributed by atoms with Crippen LogP contribution in [0.25, 0.3) is 109 Å². The molecule has 284 valence electrons. The molecule has 0 amide bonds. The molecule has 2 aromatic heterocycles. The van der Waals surface area contributed by atoms with Gasteiger partial charge in [0.1, 0.15) is 22.3 Å². The molecule has 3 nitrogen and oxygen atoms in total. The van der Waals surface area contributed by atoms with Crippen molar-refractivity contribution in [3.05, 3.63) is 212 Å². The highest BCUT2D eigenvalue weighted by molar-refractivity contribution is 6.24. The van der Waals surface area contributed by atoms with Crippen LogP contribution < -0.4 is 4.90 Å². The number of benzene rings is 11. The molecule has 0 saturated heterocycles. The highest BCUT2D eigenvalue weighted by Gasteiger charge is 2.19. The van der Waals surface area contributed by atoms with E-state index in [-0.39, 0.29) is 0 Å². The Kier molecular flexibility index (Phi) is 7.31.